The van der Waals surface area contributed by atoms with E-state index in [4.69, 9.17) is 24.9 Å². The molecule has 1 fully saturated rings. The van der Waals surface area contributed by atoms with Crippen molar-refractivity contribution >= 4 is 20.2 Å². The zero-order valence-corrected chi connectivity index (χ0v) is 17.0. The number of carbonyl (C=O) groups is 2. The summed E-state index contributed by atoms with van der Waals surface area (Å²) in [5.41, 5.74) is 0. The van der Waals surface area contributed by atoms with Gasteiger partial charge >= 0.3 is 41.3 Å². The molecule has 25 heavy (non-hydrogen) atoms. The van der Waals surface area contributed by atoms with E-state index in [1.165, 1.54) is 12.8 Å². The predicted molar refractivity (Wildman–Crippen MR) is 86.9 cm³/mol. The van der Waals surface area contributed by atoms with Gasteiger partial charge in [0.1, 0.15) is 0 Å². The van der Waals surface area contributed by atoms with Crippen LogP contribution in [0.1, 0.15) is 40.5 Å². The van der Waals surface area contributed by atoms with E-state index < -0.39 is 26.1 Å². The summed E-state index contributed by atoms with van der Waals surface area (Å²) in [5.74, 6) is -3.70. The maximum absolute atomic E-state index is 10.7. The van der Waals surface area contributed by atoms with E-state index in [2.05, 4.69) is 16.5 Å². The van der Waals surface area contributed by atoms with Gasteiger partial charge in [0, 0.05) is 12.1 Å². The second-order valence-corrected chi connectivity index (χ2v) is 5.67. The molecule has 0 radical (unpaired) electrons. The average molecular weight is 568 g/mol. The first kappa shape index (κ1) is 32.2. The van der Waals surface area contributed by atoms with Gasteiger partial charge in [0.15, 0.2) is 5.92 Å². The molecule has 0 spiro atoms. The smallest absolute Gasteiger partial charge is 0.693 e. The van der Waals surface area contributed by atoms with Crippen molar-refractivity contribution in [3.63, 3.8) is 0 Å². The standard InChI is InChI=1S/C12H21NO4.2H2N.HO4P.Pt.H2/c1-9-5-4-8-13(9)7-3-2-6-10(11(14)15)12(16)17;;;1-4-5(2)3;;/h9-10H,2-8H2,1H3,(H,14,15)(H,16,17);2*1H2;1H;;1H/q;2*-1;;+2;. The Morgan fingerprint density at radius 3 is 2.12 bits per heavy atom. The summed E-state index contributed by atoms with van der Waals surface area (Å²) in [5, 5.41) is 24.5. The number of rotatable bonds is 8. The van der Waals surface area contributed by atoms with Gasteiger partial charge in [-0.15, -0.1) is 0 Å². The molecule has 11 nitrogen and oxygen atoms in total. The topological polar surface area (TPSA) is 214 Å². The minimum Gasteiger partial charge on any atom is -0.693 e. The van der Waals surface area contributed by atoms with Crippen LogP contribution in [0.5, 0.6) is 0 Å². The first-order valence-corrected chi connectivity index (χ1v) is 8.04. The molecule has 2 atom stereocenters. The van der Waals surface area contributed by atoms with Crippen LogP contribution in [-0.4, -0.2) is 51.4 Å². The first-order valence-electron chi connectivity index (χ1n) is 6.95. The summed E-state index contributed by atoms with van der Waals surface area (Å²) in [6.07, 6.45) is 4.22. The molecule has 0 aromatic rings. The summed E-state index contributed by atoms with van der Waals surface area (Å²) in [6.45, 7) is 4.26. The Morgan fingerprint density at radius 2 is 1.80 bits per heavy atom. The summed E-state index contributed by atoms with van der Waals surface area (Å²) < 4.78 is 11.6. The molecule has 13 heteroatoms. The number of hydrogen-bond donors (Lipinski definition) is 3. The zero-order chi connectivity index (χ0) is 17.1. The fourth-order valence-corrected chi connectivity index (χ4v) is 2.34. The molecule has 1 heterocycles. The normalized spacial score (nSPS) is 16.5. The second kappa shape index (κ2) is 18.3. The van der Waals surface area contributed by atoms with Crippen molar-refractivity contribution in [3.8, 4) is 0 Å². The minimum absolute atomic E-state index is 0. The number of nitrogens with two attached hydrogens (primary N) is 2. The van der Waals surface area contributed by atoms with Gasteiger partial charge < -0.3 is 32.3 Å². The molecule has 1 aliphatic rings. The number of likely N-dealkylation sites (tertiary alicyclic amines) is 1. The molecule has 7 N–H and O–H groups in total. The van der Waals surface area contributed by atoms with Crippen molar-refractivity contribution in [3.05, 3.63) is 12.3 Å². The van der Waals surface area contributed by atoms with Crippen LogP contribution >= 0.6 is 8.25 Å². The van der Waals surface area contributed by atoms with E-state index >= 15 is 0 Å². The second-order valence-electron chi connectivity index (χ2n) is 5.06. The molecule has 1 aliphatic heterocycles. The molecular weight excluding hydrogens is 540 g/mol. The fourth-order valence-electron chi connectivity index (χ4n) is 2.34. The SMILES string of the molecule is CC1CCCN1CCCCC(C(=O)O)C(=O)O.O=[P+]([O-])OO.[HH].[NH2-].[NH2-].[Pt+2]. The average Bonchev–Trinajstić information content (AvgIpc) is 2.84. The quantitative estimate of drug-likeness (QED) is 0.129. The Morgan fingerprint density at radius 1 is 1.32 bits per heavy atom. The summed E-state index contributed by atoms with van der Waals surface area (Å²) in [7, 11) is -3.04. The van der Waals surface area contributed by atoms with Gasteiger partial charge in [-0.25, -0.2) is 5.26 Å². The number of hydrogen-bond acceptors (Lipinski definition) is 7. The Kier molecular flexibility index (Phi) is 23.5. The van der Waals surface area contributed by atoms with E-state index in [1.54, 1.807) is 0 Å². The molecule has 0 bridgehead atoms. The van der Waals surface area contributed by atoms with Crippen LogP contribution in [0, 0.1) is 5.92 Å². The van der Waals surface area contributed by atoms with Crippen molar-refractivity contribution < 1.29 is 61.7 Å². The largest absolute Gasteiger partial charge is 2.00 e. The van der Waals surface area contributed by atoms with E-state index in [0.717, 1.165) is 19.5 Å². The van der Waals surface area contributed by atoms with Gasteiger partial charge in [0.25, 0.3) is 0 Å². The maximum atomic E-state index is 10.7. The van der Waals surface area contributed by atoms with E-state index in [0.29, 0.717) is 12.5 Å². The number of nitrogens with zero attached hydrogens (tertiary/aromatic N) is 1. The van der Waals surface area contributed by atoms with E-state index in [9.17, 15) is 9.59 Å². The summed E-state index contributed by atoms with van der Waals surface area (Å²) >= 11 is 0. The molecule has 1 rings (SSSR count). The van der Waals surface area contributed by atoms with Gasteiger partial charge in [-0.2, -0.15) is 0 Å². The summed E-state index contributed by atoms with van der Waals surface area (Å²) in [6, 6.07) is 0.616. The number of aliphatic carboxylic acids is 2. The van der Waals surface area contributed by atoms with Crippen LogP contribution in [0.15, 0.2) is 0 Å². The first-order chi connectivity index (χ1) is 10.3. The van der Waals surface area contributed by atoms with Crippen LogP contribution in [0.3, 0.4) is 0 Å². The minimum atomic E-state index is -3.04. The van der Waals surface area contributed by atoms with Crippen LogP contribution in [0.25, 0.3) is 12.3 Å². The van der Waals surface area contributed by atoms with Gasteiger partial charge in [0.05, 0.1) is 0 Å². The van der Waals surface area contributed by atoms with E-state index in [-0.39, 0.29) is 41.2 Å². The van der Waals surface area contributed by atoms with Gasteiger partial charge in [-0.05, 0) is 50.3 Å². The van der Waals surface area contributed by atoms with Crippen molar-refractivity contribution in [1.82, 2.24) is 4.90 Å². The molecule has 1 saturated heterocycles. The van der Waals surface area contributed by atoms with Crippen LogP contribution in [-0.2, 0) is 39.9 Å². The Labute approximate surface area is 163 Å². The Bertz CT molecular complexity index is 383. The van der Waals surface area contributed by atoms with Crippen molar-refractivity contribution in [2.24, 2.45) is 5.92 Å². The Hall–Kier alpha value is -0.512. The van der Waals surface area contributed by atoms with Crippen LogP contribution in [0.2, 0.25) is 0 Å². The molecular formula is C12H28N3O8PPt. The van der Waals surface area contributed by atoms with Gasteiger partial charge in [0.2, 0.25) is 0 Å². The third kappa shape index (κ3) is 15.5. The molecule has 0 saturated carbocycles. The molecule has 0 aromatic heterocycles. The van der Waals surface area contributed by atoms with E-state index in [1.807, 2.05) is 0 Å². The molecule has 0 amide bonds. The number of carboxylic acids is 2. The third-order valence-electron chi connectivity index (χ3n) is 3.54. The fraction of sp³-hybridized carbons (Fsp3) is 0.833. The Balaban J connectivity index is -0.000000146. The van der Waals surface area contributed by atoms with Crippen molar-refractivity contribution in [2.75, 3.05) is 13.1 Å². The van der Waals surface area contributed by atoms with Crippen molar-refractivity contribution in [1.29, 1.82) is 0 Å². The third-order valence-corrected chi connectivity index (χ3v) is 3.67. The molecule has 2 unspecified atom stereocenters. The monoisotopic (exact) mass is 568 g/mol. The molecule has 0 aliphatic carbocycles. The predicted octanol–water partition coefficient (Wildman–Crippen LogP) is 2.60. The number of unbranched alkanes of at least 4 members (excludes halogenated alkanes) is 1. The maximum Gasteiger partial charge on any atom is 2.00 e. The van der Waals surface area contributed by atoms with Crippen molar-refractivity contribution in [2.45, 2.75) is 45.1 Å². The molecule has 0 aromatic carbocycles. The number of carboxylic acid groups (broad SMARTS) is 2. The summed E-state index contributed by atoms with van der Waals surface area (Å²) in [4.78, 5) is 32.6. The zero-order valence-electron chi connectivity index (χ0n) is 13.9. The van der Waals surface area contributed by atoms with Gasteiger partial charge in [-0.1, -0.05) is 6.42 Å². The van der Waals surface area contributed by atoms with Crippen LogP contribution in [0.4, 0.5) is 0 Å². The van der Waals surface area contributed by atoms with Crippen LogP contribution < -0.4 is 4.89 Å². The van der Waals surface area contributed by atoms with Gasteiger partial charge in [-0.3, -0.25) is 9.59 Å². The molecule has 154 valence electrons.